The van der Waals surface area contributed by atoms with Gasteiger partial charge in [0.05, 0.1) is 18.2 Å². The fourth-order valence-electron chi connectivity index (χ4n) is 1.96. The van der Waals surface area contributed by atoms with Crippen LogP contribution in [0, 0.1) is 11.6 Å². The van der Waals surface area contributed by atoms with Crippen molar-refractivity contribution in [3.8, 4) is 5.75 Å². The van der Waals surface area contributed by atoms with Crippen molar-refractivity contribution in [2.75, 3.05) is 19.0 Å². The molecule has 2 aromatic carbocycles. The molecule has 0 fully saturated rings. The zero-order chi connectivity index (χ0) is 15.4. The Labute approximate surface area is 126 Å². The Morgan fingerprint density at radius 1 is 1.19 bits per heavy atom. The van der Waals surface area contributed by atoms with Gasteiger partial charge >= 0.3 is 0 Å². The van der Waals surface area contributed by atoms with Crippen LogP contribution in [-0.2, 0) is 0 Å². The molecule has 0 saturated heterocycles. The minimum atomic E-state index is -0.486. The van der Waals surface area contributed by atoms with Crippen LogP contribution in [0.3, 0.4) is 0 Å². The van der Waals surface area contributed by atoms with Gasteiger partial charge in [-0.05, 0) is 29.8 Å². The van der Waals surface area contributed by atoms with E-state index in [-0.39, 0.29) is 23.4 Å². The normalized spacial score (nSPS) is 12.0. The van der Waals surface area contributed by atoms with E-state index in [2.05, 4.69) is 5.32 Å². The fourth-order valence-corrected chi connectivity index (χ4v) is 2.15. The van der Waals surface area contributed by atoms with E-state index in [1.807, 2.05) is 0 Å². The predicted molar refractivity (Wildman–Crippen MR) is 79.8 cm³/mol. The maximum absolute atomic E-state index is 13.4. The van der Waals surface area contributed by atoms with Crippen molar-refractivity contribution in [2.45, 2.75) is 6.04 Å². The standard InChI is InChI=1S/C15H15ClF2N2O/c1-21-15-7-10(3-5-13(15)18)20-14(8-19)9-2-4-12(17)11(16)6-9/h2-7,14,20H,8,19H2,1H3. The second-order valence-electron chi connectivity index (χ2n) is 4.46. The number of rotatable bonds is 5. The van der Waals surface area contributed by atoms with Gasteiger partial charge in [-0.25, -0.2) is 8.78 Å². The van der Waals surface area contributed by atoms with E-state index in [4.69, 9.17) is 22.1 Å². The average Bonchev–Trinajstić information content (AvgIpc) is 2.49. The summed E-state index contributed by atoms with van der Waals surface area (Å²) >= 11 is 5.77. The van der Waals surface area contributed by atoms with E-state index in [0.29, 0.717) is 5.69 Å². The molecule has 1 atom stereocenters. The van der Waals surface area contributed by atoms with Crippen molar-refractivity contribution in [1.82, 2.24) is 0 Å². The minimum Gasteiger partial charge on any atom is -0.494 e. The Balaban J connectivity index is 2.24. The first-order valence-electron chi connectivity index (χ1n) is 6.30. The molecule has 0 heterocycles. The quantitative estimate of drug-likeness (QED) is 0.884. The number of nitrogens with one attached hydrogen (secondary N) is 1. The van der Waals surface area contributed by atoms with Crippen LogP contribution in [0.2, 0.25) is 5.02 Å². The highest BCUT2D eigenvalue weighted by Crippen LogP contribution is 2.26. The molecule has 1 unspecified atom stereocenters. The summed E-state index contributed by atoms with van der Waals surface area (Å²) in [6.07, 6.45) is 0. The van der Waals surface area contributed by atoms with Gasteiger partial charge in [-0.15, -0.1) is 0 Å². The van der Waals surface area contributed by atoms with Crippen molar-refractivity contribution >= 4 is 17.3 Å². The van der Waals surface area contributed by atoms with Crippen molar-refractivity contribution < 1.29 is 13.5 Å². The lowest BCUT2D eigenvalue weighted by Gasteiger charge is -2.19. The molecule has 2 aromatic rings. The van der Waals surface area contributed by atoms with Gasteiger partial charge in [0.2, 0.25) is 0 Å². The zero-order valence-corrected chi connectivity index (χ0v) is 12.1. The zero-order valence-electron chi connectivity index (χ0n) is 11.4. The van der Waals surface area contributed by atoms with Gasteiger partial charge in [0.25, 0.3) is 0 Å². The summed E-state index contributed by atoms with van der Waals surface area (Å²) in [7, 11) is 1.39. The Morgan fingerprint density at radius 3 is 2.52 bits per heavy atom. The van der Waals surface area contributed by atoms with Gasteiger partial charge in [0.15, 0.2) is 11.6 Å². The van der Waals surface area contributed by atoms with Crippen LogP contribution in [-0.4, -0.2) is 13.7 Å². The summed E-state index contributed by atoms with van der Waals surface area (Å²) in [6, 6.07) is 8.53. The van der Waals surface area contributed by atoms with Gasteiger partial charge < -0.3 is 15.8 Å². The van der Waals surface area contributed by atoms with Gasteiger partial charge in [0, 0.05) is 18.3 Å². The molecule has 0 aliphatic heterocycles. The van der Waals surface area contributed by atoms with Crippen LogP contribution in [0.5, 0.6) is 5.75 Å². The second kappa shape index (κ2) is 6.74. The third kappa shape index (κ3) is 3.62. The fraction of sp³-hybridized carbons (Fsp3) is 0.200. The molecule has 0 aromatic heterocycles. The summed E-state index contributed by atoms with van der Waals surface area (Å²) in [4.78, 5) is 0. The average molecular weight is 313 g/mol. The molecule has 3 nitrogen and oxygen atoms in total. The highest BCUT2D eigenvalue weighted by molar-refractivity contribution is 6.30. The van der Waals surface area contributed by atoms with Gasteiger partial charge in [-0.3, -0.25) is 0 Å². The molecular weight excluding hydrogens is 298 g/mol. The topological polar surface area (TPSA) is 47.3 Å². The van der Waals surface area contributed by atoms with E-state index in [1.54, 1.807) is 12.1 Å². The van der Waals surface area contributed by atoms with Crippen molar-refractivity contribution in [2.24, 2.45) is 5.73 Å². The summed E-state index contributed by atoms with van der Waals surface area (Å²) in [5, 5.41) is 3.17. The van der Waals surface area contributed by atoms with Gasteiger partial charge in [-0.2, -0.15) is 0 Å². The van der Waals surface area contributed by atoms with Crippen molar-refractivity contribution in [3.63, 3.8) is 0 Å². The highest BCUT2D eigenvalue weighted by atomic mass is 35.5. The minimum absolute atomic E-state index is 0.0319. The molecule has 0 spiro atoms. The number of hydrogen-bond acceptors (Lipinski definition) is 3. The number of nitrogens with two attached hydrogens (primary N) is 1. The number of halogens is 3. The van der Waals surface area contributed by atoms with Gasteiger partial charge in [-0.1, -0.05) is 17.7 Å². The van der Waals surface area contributed by atoms with Crippen molar-refractivity contribution in [1.29, 1.82) is 0 Å². The van der Waals surface area contributed by atoms with E-state index in [0.717, 1.165) is 5.56 Å². The Bertz CT molecular complexity index is 637. The molecule has 3 N–H and O–H groups in total. The number of benzene rings is 2. The number of anilines is 1. The summed E-state index contributed by atoms with van der Waals surface area (Å²) < 4.78 is 31.5. The first-order chi connectivity index (χ1) is 10.0. The van der Waals surface area contributed by atoms with E-state index in [9.17, 15) is 8.78 Å². The summed E-state index contributed by atoms with van der Waals surface area (Å²) in [5.41, 5.74) is 7.12. The number of methoxy groups -OCH3 is 1. The summed E-state index contributed by atoms with van der Waals surface area (Å²) in [6.45, 7) is 0.266. The molecule has 0 aliphatic rings. The molecule has 112 valence electrons. The van der Waals surface area contributed by atoms with Crippen LogP contribution in [0.1, 0.15) is 11.6 Å². The lowest BCUT2D eigenvalue weighted by molar-refractivity contribution is 0.386. The molecule has 0 saturated carbocycles. The molecular formula is C15H15ClF2N2O. The molecule has 2 rings (SSSR count). The Morgan fingerprint density at radius 2 is 1.90 bits per heavy atom. The molecule has 0 aliphatic carbocycles. The van der Waals surface area contributed by atoms with Crippen LogP contribution in [0.4, 0.5) is 14.5 Å². The molecule has 0 radical (unpaired) electrons. The third-order valence-corrected chi connectivity index (χ3v) is 3.36. The predicted octanol–water partition coefficient (Wildman–Crippen LogP) is 3.74. The molecule has 0 amide bonds. The van der Waals surface area contributed by atoms with Gasteiger partial charge in [0.1, 0.15) is 5.82 Å². The van der Waals surface area contributed by atoms with Crippen LogP contribution < -0.4 is 15.8 Å². The number of hydrogen-bond donors (Lipinski definition) is 2. The Kier molecular flexibility index (Phi) is 4.98. The molecule has 0 bridgehead atoms. The second-order valence-corrected chi connectivity index (χ2v) is 4.86. The van der Waals surface area contributed by atoms with E-state index >= 15 is 0 Å². The smallest absolute Gasteiger partial charge is 0.165 e. The summed E-state index contributed by atoms with van der Waals surface area (Å²) in [5.74, 6) is -0.801. The van der Waals surface area contributed by atoms with Crippen LogP contribution in [0.15, 0.2) is 36.4 Å². The van der Waals surface area contributed by atoms with E-state index in [1.165, 1.54) is 31.4 Å². The number of ether oxygens (including phenoxy) is 1. The lowest BCUT2D eigenvalue weighted by atomic mass is 10.1. The maximum Gasteiger partial charge on any atom is 0.165 e. The first-order valence-corrected chi connectivity index (χ1v) is 6.68. The monoisotopic (exact) mass is 312 g/mol. The van der Waals surface area contributed by atoms with E-state index < -0.39 is 11.6 Å². The lowest BCUT2D eigenvalue weighted by Crippen LogP contribution is -2.20. The highest BCUT2D eigenvalue weighted by Gasteiger charge is 2.13. The Hall–Kier alpha value is -1.85. The molecule has 21 heavy (non-hydrogen) atoms. The molecule has 6 heteroatoms. The third-order valence-electron chi connectivity index (χ3n) is 3.07. The largest absolute Gasteiger partial charge is 0.494 e. The SMILES string of the molecule is COc1cc(NC(CN)c2ccc(F)c(Cl)c2)ccc1F. The van der Waals surface area contributed by atoms with Crippen LogP contribution in [0.25, 0.3) is 0 Å². The maximum atomic E-state index is 13.4. The van der Waals surface area contributed by atoms with Crippen LogP contribution >= 0.6 is 11.6 Å². The first kappa shape index (κ1) is 15.5. The van der Waals surface area contributed by atoms with Crippen molar-refractivity contribution in [3.05, 3.63) is 58.6 Å².